The summed E-state index contributed by atoms with van der Waals surface area (Å²) in [6, 6.07) is 1.82. The Bertz CT molecular complexity index is 532. The lowest BCUT2D eigenvalue weighted by Gasteiger charge is -2.32. The quantitative estimate of drug-likeness (QED) is 0.661. The number of allylic oxidation sites excluding steroid dienone is 1. The van der Waals surface area contributed by atoms with Crippen LogP contribution in [0.2, 0.25) is 0 Å². The van der Waals surface area contributed by atoms with Crippen molar-refractivity contribution in [2.45, 2.75) is 45.3 Å². The lowest BCUT2D eigenvalue weighted by molar-refractivity contribution is 0.00578. The molecule has 1 fully saturated rings. The second kappa shape index (κ2) is 4.65. The molecule has 0 atom stereocenters. The number of aromatic nitrogens is 1. The van der Waals surface area contributed by atoms with E-state index in [0.717, 1.165) is 5.56 Å². The highest BCUT2D eigenvalue weighted by Crippen LogP contribution is 2.36. The summed E-state index contributed by atoms with van der Waals surface area (Å²) >= 11 is 0. The SMILES string of the molecule is C=CCc1c[nH]c(=O)c(B2OC(C)(C)C(C)(C)O2)c1. The lowest BCUT2D eigenvalue weighted by atomic mass is 9.79. The van der Waals surface area contributed by atoms with Gasteiger partial charge in [-0.1, -0.05) is 12.1 Å². The summed E-state index contributed by atoms with van der Waals surface area (Å²) in [6.07, 6.45) is 4.18. The molecule has 1 aromatic heterocycles. The van der Waals surface area contributed by atoms with Gasteiger partial charge in [-0.25, -0.2) is 0 Å². The maximum absolute atomic E-state index is 11.9. The Kier molecular flexibility index (Phi) is 3.45. The molecule has 5 heteroatoms. The van der Waals surface area contributed by atoms with Crippen molar-refractivity contribution in [2.24, 2.45) is 0 Å². The van der Waals surface area contributed by atoms with Crippen LogP contribution in [-0.4, -0.2) is 23.3 Å². The van der Waals surface area contributed by atoms with E-state index in [4.69, 9.17) is 9.31 Å². The first-order valence-electron chi connectivity index (χ1n) is 6.45. The molecule has 4 nitrogen and oxygen atoms in total. The molecule has 102 valence electrons. The minimum absolute atomic E-state index is 0.175. The molecule has 0 saturated carbocycles. The van der Waals surface area contributed by atoms with Crippen LogP contribution in [-0.2, 0) is 15.7 Å². The molecule has 1 aromatic rings. The van der Waals surface area contributed by atoms with Crippen LogP contribution in [0, 0.1) is 0 Å². The molecule has 1 aliphatic heterocycles. The number of pyridine rings is 1. The van der Waals surface area contributed by atoms with E-state index < -0.39 is 18.3 Å². The largest absolute Gasteiger partial charge is 0.500 e. The van der Waals surface area contributed by atoms with E-state index in [-0.39, 0.29) is 5.56 Å². The summed E-state index contributed by atoms with van der Waals surface area (Å²) in [4.78, 5) is 14.7. The molecule has 0 aliphatic carbocycles. The summed E-state index contributed by atoms with van der Waals surface area (Å²) in [5.41, 5.74) is 0.431. The van der Waals surface area contributed by atoms with Crippen molar-refractivity contribution in [3.05, 3.63) is 40.8 Å². The molecule has 1 saturated heterocycles. The number of hydrogen-bond donors (Lipinski definition) is 1. The second-order valence-corrected chi connectivity index (χ2v) is 5.87. The zero-order valence-electron chi connectivity index (χ0n) is 11.9. The van der Waals surface area contributed by atoms with E-state index in [1.54, 1.807) is 12.3 Å². The van der Waals surface area contributed by atoms with Crippen molar-refractivity contribution in [3.63, 3.8) is 0 Å². The van der Waals surface area contributed by atoms with Crippen molar-refractivity contribution in [3.8, 4) is 0 Å². The summed E-state index contributed by atoms with van der Waals surface area (Å²) < 4.78 is 11.8. The Hall–Kier alpha value is -1.33. The van der Waals surface area contributed by atoms with E-state index in [1.165, 1.54) is 0 Å². The number of nitrogens with one attached hydrogen (secondary N) is 1. The molecule has 0 unspecified atom stereocenters. The van der Waals surface area contributed by atoms with Crippen LogP contribution < -0.4 is 11.0 Å². The van der Waals surface area contributed by atoms with Crippen molar-refractivity contribution < 1.29 is 9.31 Å². The van der Waals surface area contributed by atoms with Crippen LogP contribution in [0.15, 0.2) is 29.7 Å². The van der Waals surface area contributed by atoms with Crippen LogP contribution in [0.5, 0.6) is 0 Å². The molecular weight excluding hydrogens is 241 g/mol. The van der Waals surface area contributed by atoms with Gasteiger partial charge < -0.3 is 14.3 Å². The average molecular weight is 261 g/mol. The molecular formula is C14H20BNO3. The van der Waals surface area contributed by atoms with E-state index in [1.807, 2.05) is 33.8 Å². The molecule has 0 spiro atoms. The Morgan fingerprint density at radius 1 is 1.32 bits per heavy atom. The highest BCUT2D eigenvalue weighted by molar-refractivity contribution is 6.61. The number of H-pyrrole nitrogens is 1. The zero-order valence-corrected chi connectivity index (χ0v) is 11.9. The molecule has 1 aliphatic rings. The Morgan fingerprint density at radius 2 is 1.89 bits per heavy atom. The van der Waals surface area contributed by atoms with Gasteiger partial charge in [0.2, 0.25) is 5.56 Å². The van der Waals surface area contributed by atoms with E-state index in [2.05, 4.69) is 11.6 Å². The molecule has 0 bridgehead atoms. The highest BCUT2D eigenvalue weighted by Gasteiger charge is 2.52. The first-order chi connectivity index (χ1) is 8.77. The van der Waals surface area contributed by atoms with Gasteiger partial charge in [0, 0.05) is 11.7 Å². The van der Waals surface area contributed by atoms with Gasteiger partial charge in [0.05, 0.1) is 11.2 Å². The van der Waals surface area contributed by atoms with Crippen molar-refractivity contribution >= 4 is 12.6 Å². The normalized spacial score (nSPS) is 20.5. The maximum Gasteiger partial charge on any atom is 0.500 e. The standard InChI is InChI=1S/C14H20BNO3/c1-6-7-10-8-11(12(17)16-9-10)15-18-13(2,3)14(4,5)19-15/h6,8-9H,1,7H2,2-5H3,(H,16,17). The average Bonchev–Trinajstić information content (AvgIpc) is 2.51. The van der Waals surface area contributed by atoms with Gasteiger partial charge in [0.1, 0.15) is 0 Å². The number of hydrogen-bond acceptors (Lipinski definition) is 3. The first-order valence-corrected chi connectivity index (χ1v) is 6.45. The Morgan fingerprint density at radius 3 is 2.42 bits per heavy atom. The third-order valence-electron chi connectivity index (χ3n) is 3.88. The Balaban J connectivity index is 2.36. The topological polar surface area (TPSA) is 51.3 Å². The van der Waals surface area contributed by atoms with Crippen LogP contribution >= 0.6 is 0 Å². The molecule has 0 aromatic carbocycles. The van der Waals surface area contributed by atoms with Crippen LogP contribution in [0.1, 0.15) is 33.3 Å². The highest BCUT2D eigenvalue weighted by atomic mass is 16.7. The van der Waals surface area contributed by atoms with Gasteiger partial charge in [-0.05, 0) is 39.7 Å². The number of aromatic amines is 1. The Labute approximate surface area is 114 Å². The second-order valence-electron chi connectivity index (χ2n) is 5.87. The van der Waals surface area contributed by atoms with Gasteiger partial charge in [-0.2, -0.15) is 0 Å². The van der Waals surface area contributed by atoms with Crippen molar-refractivity contribution in [1.29, 1.82) is 0 Å². The summed E-state index contributed by atoms with van der Waals surface area (Å²) in [7, 11) is -0.626. The third-order valence-corrected chi connectivity index (χ3v) is 3.88. The molecule has 2 rings (SSSR count). The molecule has 0 radical (unpaired) electrons. The van der Waals surface area contributed by atoms with E-state index in [9.17, 15) is 4.79 Å². The van der Waals surface area contributed by atoms with Crippen molar-refractivity contribution in [1.82, 2.24) is 4.98 Å². The van der Waals surface area contributed by atoms with Gasteiger partial charge in [0.25, 0.3) is 0 Å². The van der Waals surface area contributed by atoms with Crippen LogP contribution in [0.25, 0.3) is 0 Å². The monoisotopic (exact) mass is 261 g/mol. The minimum Gasteiger partial charge on any atom is -0.399 e. The predicted octanol–water partition coefficient (Wildman–Crippen LogP) is 1.40. The smallest absolute Gasteiger partial charge is 0.399 e. The van der Waals surface area contributed by atoms with Crippen molar-refractivity contribution in [2.75, 3.05) is 0 Å². The fraction of sp³-hybridized carbons (Fsp3) is 0.500. The molecule has 0 amide bonds. The molecule has 19 heavy (non-hydrogen) atoms. The number of rotatable bonds is 3. The lowest BCUT2D eigenvalue weighted by Crippen LogP contribution is -2.44. The van der Waals surface area contributed by atoms with Gasteiger partial charge in [-0.15, -0.1) is 6.58 Å². The first kappa shape index (κ1) is 14.1. The van der Waals surface area contributed by atoms with Gasteiger partial charge >= 0.3 is 7.12 Å². The minimum atomic E-state index is -0.626. The molecule has 1 N–H and O–H groups in total. The molecule has 2 heterocycles. The predicted molar refractivity (Wildman–Crippen MR) is 76.7 cm³/mol. The fourth-order valence-corrected chi connectivity index (χ4v) is 1.98. The van der Waals surface area contributed by atoms with Gasteiger partial charge in [0.15, 0.2) is 0 Å². The summed E-state index contributed by atoms with van der Waals surface area (Å²) in [6.45, 7) is 11.6. The van der Waals surface area contributed by atoms with E-state index >= 15 is 0 Å². The van der Waals surface area contributed by atoms with Gasteiger partial charge in [-0.3, -0.25) is 4.79 Å². The van der Waals surface area contributed by atoms with Crippen LogP contribution in [0.4, 0.5) is 0 Å². The van der Waals surface area contributed by atoms with E-state index in [0.29, 0.717) is 11.9 Å². The van der Waals surface area contributed by atoms with Crippen LogP contribution in [0.3, 0.4) is 0 Å². The summed E-state index contributed by atoms with van der Waals surface area (Å²) in [5.74, 6) is 0. The fourth-order valence-electron chi connectivity index (χ4n) is 1.98. The zero-order chi connectivity index (χ0) is 14.3. The maximum atomic E-state index is 11.9. The summed E-state index contributed by atoms with van der Waals surface area (Å²) in [5, 5.41) is 0. The third kappa shape index (κ3) is 2.53.